The van der Waals surface area contributed by atoms with Crippen LogP contribution in [-0.4, -0.2) is 52.3 Å². The van der Waals surface area contributed by atoms with Crippen LogP contribution in [0.25, 0.3) is 0 Å². The first-order valence-electron chi connectivity index (χ1n) is 6.44. The lowest BCUT2D eigenvalue weighted by molar-refractivity contribution is -0.123. The topological polar surface area (TPSA) is 60.2 Å². The zero-order chi connectivity index (χ0) is 12.4. The second-order valence-corrected chi connectivity index (χ2v) is 5.24. The van der Waals surface area contributed by atoms with Crippen LogP contribution in [0.2, 0.25) is 0 Å². The third-order valence-electron chi connectivity index (χ3n) is 3.99. The van der Waals surface area contributed by atoms with Gasteiger partial charge in [0.2, 0.25) is 0 Å². The molecule has 1 aromatic rings. The Morgan fingerprint density at radius 2 is 2.22 bits per heavy atom. The molecule has 0 amide bonds. The highest BCUT2D eigenvalue weighted by Gasteiger charge is 2.35. The summed E-state index contributed by atoms with van der Waals surface area (Å²) in [7, 11) is 0. The fraction of sp³-hybridized carbons (Fsp3) is 0.750. The molecular formula is C12H18N4O2. The van der Waals surface area contributed by atoms with Crippen LogP contribution in [0.3, 0.4) is 0 Å². The van der Waals surface area contributed by atoms with Crippen molar-refractivity contribution in [3.8, 4) is 0 Å². The van der Waals surface area contributed by atoms with Crippen molar-refractivity contribution in [3.63, 3.8) is 0 Å². The standard InChI is InChI=1S/C12H18N4O2/c17-9-12(1-5-18-6-2-12)8-15-3-4-16-10-13-14-11(16)7-15/h9-10H,1-8H2. The van der Waals surface area contributed by atoms with Crippen molar-refractivity contribution < 1.29 is 9.53 Å². The Bertz CT molecular complexity index is 425. The summed E-state index contributed by atoms with van der Waals surface area (Å²) in [5.74, 6) is 0.995. The molecule has 6 nitrogen and oxygen atoms in total. The Labute approximate surface area is 106 Å². The molecular weight excluding hydrogens is 232 g/mol. The Balaban J connectivity index is 1.68. The molecule has 3 rings (SSSR count). The molecule has 1 aromatic heterocycles. The van der Waals surface area contributed by atoms with Crippen LogP contribution < -0.4 is 0 Å². The second kappa shape index (κ2) is 4.78. The minimum Gasteiger partial charge on any atom is -0.381 e. The number of carbonyl (C=O) groups is 1. The summed E-state index contributed by atoms with van der Waals surface area (Å²) in [6.45, 7) is 4.87. The number of hydrogen-bond donors (Lipinski definition) is 0. The van der Waals surface area contributed by atoms with Gasteiger partial charge in [0.15, 0.2) is 0 Å². The third kappa shape index (κ3) is 2.18. The van der Waals surface area contributed by atoms with Crippen LogP contribution in [0.15, 0.2) is 6.33 Å². The second-order valence-electron chi connectivity index (χ2n) is 5.24. The number of rotatable bonds is 3. The number of hydrogen-bond acceptors (Lipinski definition) is 5. The molecule has 0 aromatic carbocycles. The lowest BCUT2D eigenvalue weighted by atomic mass is 9.81. The molecule has 2 aliphatic rings. The summed E-state index contributed by atoms with van der Waals surface area (Å²) in [6.07, 6.45) is 4.57. The van der Waals surface area contributed by atoms with Gasteiger partial charge in [0.05, 0.1) is 6.54 Å². The van der Waals surface area contributed by atoms with E-state index in [0.29, 0.717) is 13.2 Å². The maximum absolute atomic E-state index is 11.4. The third-order valence-corrected chi connectivity index (χ3v) is 3.99. The first kappa shape index (κ1) is 11.8. The maximum Gasteiger partial charge on any atom is 0.147 e. The number of aldehydes is 1. The van der Waals surface area contributed by atoms with Crippen LogP contribution in [0.5, 0.6) is 0 Å². The first-order chi connectivity index (χ1) is 8.81. The van der Waals surface area contributed by atoms with Gasteiger partial charge in [0, 0.05) is 38.3 Å². The van der Waals surface area contributed by atoms with Gasteiger partial charge in [0.1, 0.15) is 18.4 Å². The molecule has 3 heterocycles. The lowest BCUT2D eigenvalue weighted by Crippen LogP contribution is -2.45. The average Bonchev–Trinajstić information content (AvgIpc) is 2.87. The van der Waals surface area contributed by atoms with Crippen LogP contribution in [0.4, 0.5) is 0 Å². The van der Waals surface area contributed by atoms with E-state index >= 15 is 0 Å². The molecule has 0 N–H and O–H groups in total. The van der Waals surface area contributed by atoms with Crippen LogP contribution in [0.1, 0.15) is 18.7 Å². The molecule has 0 aliphatic carbocycles. The first-order valence-corrected chi connectivity index (χ1v) is 6.44. The van der Waals surface area contributed by atoms with E-state index in [0.717, 1.165) is 51.1 Å². The van der Waals surface area contributed by atoms with Crippen molar-refractivity contribution in [1.29, 1.82) is 0 Å². The van der Waals surface area contributed by atoms with Crippen molar-refractivity contribution in [2.75, 3.05) is 26.3 Å². The Morgan fingerprint density at radius 3 is 3.00 bits per heavy atom. The van der Waals surface area contributed by atoms with E-state index in [2.05, 4.69) is 19.7 Å². The average molecular weight is 250 g/mol. The SMILES string of the molecule is O=CC1(CN2CCn3cnnc3C2)CCOCC1. The number of fused-ring (bicyclic) bond motifs is 1. The molecule has 98 valence electrons. The largest absolute Gasteiger partial charge is 0.381 e. The van der Waals surface area contributed by atoms with Gasteiger partial charge in [-0.25, -0.2) is 0 Å². The van der Waals surface area contributed by atoms with Crippen molar-refractivity contribution in [2.24, 2.45) is 5.41 Å². The Hall–Kier alpha value is -1.27. The van der Waals surface area contributed by atoms with Gasteiger partial charge in [-0.1, -0.05) is 0 Å². The summed E-state index contributed by atoms with van der Waals surface area (Å²) in [5.41, 5.74) is -0.222. The molecule has 2 aliphatic heterocycles. The molecule has 0 atom stereocenters. The molecule has 1 saturated heterocycles. The van der Waals surface area contributed by atoms with E-state index in [1.165, 1.54) is 0 Å². The predicted molar refractivity (Wildman–Crippen MR) is 63.8 cm³/mol. The van der Waals surface area contributed by atoms with E-state index in [-0.39, 0.29) is 5.41 Å². The maximum atomic E-state index is 11.4. The zero-order valence-electron chi connectivity index (χ0n) is 10.4. The molecule has 18 heavy (non-hydrogen) atoms. The smallest absolute Gasteiger partial charge is 0.147 e. The van der Waals surface area contributed by atoms with Gasteiger partial charge in [-0.15, -0.1) is 10.2 Å². The number of aromatic nitrogens is 3. The predicted octanol–water partition coefficient (Wildman–Crippen LogP) is 0.0894. The summed E-state index contributed by atoms with van der Waals surface area (Å²) in [5, 5.41) is 8.03. The van der Waals surface area contributed by atoms with Gasteiger partial charge >= 0.3 is 0 Å². The van der Waals surface area contributed by atoms with E-state index in [1.54, 1.807) is 6.33 Å². The summed E-state index contributed by atoms with van der Waals surface area (Å²) in [4.78, 5) is 13.7. The lowest BCUT2D eigenvalue weighted by Gasteiger charge is -2.38. The van der Waals surface area contributed by atoms with E-state index < -0.39 is 0 Å². The molecule has 1 fully saturated rings. The van der Waals surface area contributed by atoms with E-state index in [1.807, 2.05) is 0 Å². The minimum atomic E-state index is -0.222. The van der Waals surface area contributed by atoms with E-state index in [9.17, 15) is 4.79 Å². The summed E-state index contributed by atoms with van der Waals surface area (Å²) >= 11 is 0. The van der Waals surface area contributed by atoms with Crippen molar-refractivity contribution in [2.45, 2.75) is 25.9 Å². The highest BCUT2D eigenvalue weighted by atomic mass is 16.5. The molecule has 0 bridgehead atoms. The Morgan fingerprint density at radius 1 is 1.39 bits per heavy atom. The van der Waals surface area contributed by atoms with Crippen molar-refractivity contribution >= 4 is 6.29 Å². The van der Waals surface area contributed by atoms with E-state index in [4.69, 9.17) is 4.74 Å². The highest BCUT2D eigenvalue weighted by Crippen LogP contribution is 2.30. The van der Waals surface area contributed by atoms with Gasteiger partial charge in [-0.3, -0.25) is 4.90 Å². The minimum absolute atomic E-state index is 0.222. The number of ether oxygens (including phenoxy) is 1. The van der Waals surface area contributed by atoms with Crippen LogP contribution in [-0.2, 0) is 22.6 Å². The van der Waals surface area contributed by atoms with Gasteiger partial charge in [0.25, 0.3) is 0 Å². The normalized spacial score (nSPS) is 23.6. The monoisotopic (exact) mass is 250 g/mol. The molecule has 0 spiro atoms. The van der Waals surface area contributed by atoms with Gasteiger partial charge in [-0.2, -0.15) is 0 Å². The quantitative estimate of drug-likeness (QED) is 0.712. The van der Waals surface area contributed by atoms with Crippen molar-refractivity contribution in [1.82, 2.24) is 19.7 Å². The van der Waals surface area contributed by atoms with Gasteiger partial charge < -0.3 is 14.1 Å². The Kier molecular flexibility index (Phi) is 3.13. The fourth-order valence-corrected chi connectivity index (χ4v) is 2.79. The van der Waals surface area contributed by atoms with Crippen molar-refractivity contribution in [3.05, 3.63) is 12.2 Å². The number of nitrogens with zero attached hydrogens (tertiary/aromatic N) is 4. The summed E-state index contributed by atoms with van der Waals surface area (Å²) in [6, 6.07) is 0. The summed E-state index contributed by atoms with van der Waals surface area (Å²) < 4.78 is 7.43. The highest BCUT2D eigenvalue weighted by molar-refractivity contribution is 5.60. The van der Waals surface area contributed by atoms with Crippen LogP contribution in [0, 0.1) is 5.41 Å². The fourth-order valence-electron chi connectivity index (χ4n) is 2.79. The number of carbonyl (C=O) groups excluding carboxylic acids is 1. The zero-order valence-corrected chi connectivity index (χ0v) is 10.4. The van der Waals surface area contributed by atoms with Gasteiger partial charge in [-0.05, 0) is 12.8 Å². The van der Waals surface area contributed by atoms with Crippen LogP contribution >= 0.6 is 0 Å². The molecule has 0 saturated carbocycles. The molecule has 0 radical (unpaired) electrons. The molecule has 6 heteroatoms. The molecule has 0 unspecified atom stereocenters.